The third-order valence-corrected chi connectivity index (χ3v) is 4.04. The lowest BCUT2D eigenvalue weighted by Gasteiger charge is -2.17. The average molecular weight is 269 g/mol. The van der Waals surface area contributed by atoms with Gasteiger partial charge in [0.15, 0.2) is 0 Å². The Balaban J connectivity index is 2.33. The predicted octanol–water partition coefficient (Wildman–Crippen LogP) is 1.62. The van der Waals surface area contributed by atoms with Crippen LogP contribution in [0.5, 0.6) is 0 Å². The molecule has 0 fully saturated rings. The van der Waals surface area contributed by atoms with Crippen LogP contribution in [-0.4, -0.2) is 22.2 Å². The van der Waals surface area contributed by atoms with E-state index in [2.05, 4.69) is 0 Å². The molecule has 4 nitrogen and oxygen atoms in total. The number of fused-ring (bicyclic) bond motifs is 1. The van der Waals surface area contributed by atoms with Gasteiger partial charge in [-0.15, -0.1) is 0 Å². The molecule has 1 heterocycles. The summed E-state index contributed by atoms with van der Waals surface area (Å²) in [6, 6.07) is 6.69. The van der Waals surface area contributed by atoms with Crippen molar-refractivity contribution in [1.29, 1.82) is 0 Å². The molecule has 1 unspecified atom stereocenters. The average Bonchev–Trinajstić information content (AvgIpc) is 2.51. The molecule has 1 aromatic rings. The van der Waals surface area contributed by atoms with E-state index < -0.39 is 9.92 Å². The molecule has 90 valence electrons. The van der Waals surface area contributed by atoms with Gasteiger partial charge in [0.25, 0.3) is 11.8 Å². The summed E-state index contributed by atoms with van der Waals surface area (Å²) in [6.07, 6.45) is -0.125. The fraction of sp³-hybridized carbons (Fsp3) is 0.273. The lowest BCUT2D eigenvalue weighted by molar-refractivity contribution is 0.0761. The maximum Gasteiger partial charge on any atom is 0.273 e. The number of rotatable bonds is 3. The van der Waals surface area contributed by atoms with Gasteiger partial charge in [0.05, 0.1) is 17.2 Å². The maximum atomic E-state index is 12.0. The summed E-state index contributed by atoms with van der Waals surface area (Å²) >= 11 is 5.06. The number of hydrogen-bond donors (Lipinski definition) is 0. The van der Waals surface area contributed by atoms with E-state index >= 15 is 0 Å². The zero-order chi connectivity index (χ0) is 12.6. The summed E-state index contributed by atoms with van der Waals surface area (Å²) in [4.78, 5) is 24.0. The first-order valence-electron chi connectivity index (χ1n) is 5.09. The molecular weight excluding hydrogens is 258 g/mol. The monoisotopic (exact) mass is 269 g/mol. The molecular formula is C11H11NO3S2. The van der Waals surface area contributed by atoms with Crippen LogP contribution in [0.25, 0.3) is 0 Å². The number of carbonyl (C=O) groups excluding carboxylic acids is 2. The van der Waals surface area contributed by atoms with Gasteiger partial charge < -0.3 is 0 Å². The van der Waals surface area contributed by atoms with Gasteiger partial charge in [0.1, 0.15) is 9.92 Å². The molecule has 0 aliphatic carbocycles. The molecule has 0 spiro atoms. The fourth-order valence-electron chi connectivity index (χ4n) is 1.51. The van der Waals surface area contributed by atoms with Crippen molar-refractivity contribution in [2.24, 2.45) is 0 Å². The van der Waals surface area contributed by atoms with E-state index in [1.54, 1.807) is 24.3 Å². The van der Waals surface area contributed by atoms with Crippen molar-refractivity contribution in [1.82, 2.24) is 4.31 Å². The van der Waals surface area contributed by atoms with Crippen molar-refractivity contribution in [3.05, 3.63) is 35.4 Å². The smallest absolute Gasteiger partial charge is 0.273 e. The number of hydrogen-bond acceptors (Lipinski definition) is 4. The highest BCUT2D eigenvalue weighted by molar-refractivity contribution is 8.25. The highest BCUT2D eigenvalue weighted by Crippen LogP contribution is 2.24. The Morgan fingerprint density at radius 1 is 1.18 bits per heavy atom. The second-order valence-corrected chi connectivity index (χ2v) is 5.66. The van der Waals surface area contributed by atoms with Crippen LogP contribution in [0.15, 0.2) is 24.3 Å². The first-order valence-corrected chi connectivity index (χ1v) is 7.12. The summed E-state index contributed by atoms with van der Waals surface area (Å²) in [5.74, 6) is -0.742. The zero-order valence-corrected chi connectivity index (χ0v) is 11.0. The highest BCUT2D eigenvalue weighted by Gasteiger charge is 2.38. The second-order valence-electron chi connectivity index (χ2n) is 3.81. The first kappa shape index (κ1) is 12.3. The van der Waals surface area contributed by atoms with Gasteiger partial charge >= 0.3 is 0 Å². The van der Waals surface area contributed by atoms with Crippen molar-refractivity contribution in [2.75, 3.05) is 0 Å². The van der Waals surface area contributed by atoms with Crippen molar-refractivity contribution >= 4 is 32.9 Å². The van der Waals surface area contributed by atoms with Crippen LogP contribution < -0.4 is 0 Å². The molecule has 0 saturated carbocycles. The number of carbonyl (C=O) groups is 2. The van der Waals surface area contributed by atoms with Crippen molar-refractivity contribution in [2.45, 2.75) is 20.0 Å². The molecule has 1 aliphatic rings. The molecule has 1 aliphatic heterocycles. The lowest BCUT2D eigenvalue weighted by Crippen LogP contribution is -2.33. The Kier molecular flexibility index (Phi) is 3.37. The van der Waals surface area contributed by atoms with Crippen LogP contribution >= 0.6 is 0 Å². The quantitative estimate of drug-likeness (QED) is 0.782. The Morgan fingerprint density at radius 3 is 2.06 bits per heavy atom. The van der Waals surface area contributed by atoms with E-state index in [4.69, 9.17) is 15.4 Å². The van der Waals surface area contributed by atoms with Crippen LogP contribution in [-0.2, 0) is 25.3 Å². The molecule has 2 rings (SSSR count). The van der Waals surface area contributed by atoms with Gasteiger partial charge in [0.2, 0.25) is 0 Å². The van der Waals surface area contributed by atoms with Gasteiger partial charge in [0, 0.05) is 11.2 Å². The van der Waals surface area contributed by atoms with E-state index in [0.717, 1.165) is 4.31 Å². The van der Waals surface area contributed by atoms with Crippen LogP contribution in [0.3, 0.4) is 0 Å². The highest BCUT2D eigenvalue weighted by atomic mass is 32.8. The Hall–Kier alpha value is -1.11. The molecule has 2 amide bonds. The first-order chi connectivity index (χ1) is 8.02. The minimum atomic E-state index is -1.24. The number of imide groups is 1. The zero-order valence-electron chi connectivity index (χ0n) is 9.38. The van der Waals surface area contributed by atoms with Gasteiger partial charge in [-0.1, -0.05) is 12.1 Å². The SMILES string of the molecule is CC(C)OS(=S)N1C(=O)c2ccccc2C1=O. The summed E-state index contributed by atoms with van der Waals surface area (Å²) in [5.41, 5.74) is 0.791. The third-order valence-electron chi connectivity index (χ3n) is 2.18. The molecule has 1 atom stereocenters. The van der Waals surface area contributed by atoms with Crippen LogP contribution in [0.4, 0.5) is 0 Å². The standard InChI is InChI=1S/C11H11NO3S2/c1-7(2)15-17(16)12-10(13)8-5-3-4-6-9(8)11(12)14/h3-7H,1-2H3. The van der Waals surface area contributed by atoms with Gasteiger partial charge in [-0.25, -0.2) is 0 Å². The fourth-order valence-corrected chi connectivity index (χ4v) is 3.27. The van der Waals surface area contributed by atoms with E-state index in [9.17, 15) is 9.59 Å². The number of amides is 2. The third kappa shape index (κ3) is 2.15. The molecule has 0 aromatic heterocycles. The minimum Gasteiger partial charge on any atom is -0.292 e. The predicted molar refractivity (Wildman–Crippen MR) is 67.9 cm³/mol. The molecule has 0 N–H and O–H groups in total. The Bertz CT molecular complexity index is 478. The molecule has 0 radical (unpaired) electrons. The largest absolute Gasteiger partial charge is 0.292 e. The molecule has 17 heavy (non-hydrogen) atoms. The number of benzene rings is 1. The molecule has 1 aromatic carbocycles. The Labute approximate surface area is 106 Å². The van der Waals surface area contributed by atoms with Crippen molar-refractivity contribution in [3.63, 3.8) is 0 Å². The van der Waals surface area contributed by atoms with E-state index in [1.165, 1.54) is 0 Å². The van der Waals surface area contributed by atoms with Crippen molar-refractivity contribution < 1.29 is 13.8 Å². The topological polar surface area (TPSA) is 46.6 Å². The maximum absolute atomic E-state index is 12.0. The molecule has 6 heteroatoms. The van der Waals surface area contributed by atoms with Gasteiger partial charge in [-0.3, -0.25) is 13.8 Å². The van der Waals surface area contributed by atoms with Gasteiger partial charge in [-0.2, -0.15) is 4.31 Å². The summed E-state index contributed by atoms with van der Waals surface area (Å²) in [6.45, 7) is 3.62. The lowest BCUT2D eigenvalue weighted by atomic mass is 10.1. The van der Waals surface area contributed by atoms with Gasteiger partial charge in [-0.05, 0) is 26.0 Å². The minimum absolute atomic E-state index is 0.125. The second kappa shape index (κ2) is 4.64. The van der Waals surface area contributed by atoms with Crippen LogP contribution in [0.1, 0.15) is 34.6 Å². The van der Waals surface area contributed by atoms with E-state index in [1.807, 2.05) is 13.8 Å². The summed E-state index contributed by atoms with van der Waals surface area (Å²) in [5, 5.41) is 0. The summed E-state index contributed by atoms with van der Waals surface area (Å²) in [7, 11) is -1.24. The molecule has 0 saturated heterocycles. The van der Waals surface area contributed by atoms with E-state index in [0.29, 0.717) is 11.1 Å². The van der Waals surface area contributed by atoms with Crippen LogP contribution in [0.2, 0.25) is 0 Å². The number of nitrogens with zero attached hydrogens (tertiary/aromatic N) is 1. The normalized spacial score (nSPS) is 16.5. The summed E-state index contributed by atoms with van der Waals surface area (Å²) < 4.78 is 6.35. The van der Waals surface area contributed by atoms with Crippen molar-refractivity contribution in [3.8, 4) is 0 Å². The van der Waals surface area contributed by atoms with E-state index in [-0.39, 0.29) is 17.9 Å². The van der Waals surface area contributed by atoms with Crippen LogP contribution in [0, 0.1) is 0 Å². The molecule has 0 bridgehead atoms. The Morgan fingerprint density at radius 2 is 1.65 bits per heavy atom.